The van der Waals surface area contributed by atoms with E-state index in [2.05, 4.69) is 4.72 Å². The van der Waals surface area contributed by atoms with E-state index in [9.17, 15) is 17.6 Å². The Kier molecular flexibility index (Phi) is 5.30. The van der Waals surface area contributed by atoms with Gasteiger partial charge in [0.05, 0.1) is 0 Å². The summed E-state index contributed by atoms with van der Waals surface area (Å²) in [7, 11) is -3.91. The van der Waals surface area contributed by atoms with E-state index in [1.54, 1.807) is 4.90 Å². The second-order valence-corrected chi connectivity index (χ2v) is 6.76. The Morgan fingerprint density at radius 3 is 2.52 bits per heavy atom. The van der Waals surface area contributed by atoms with Crippen LogP contribution in [0, 0.1) is 5.82 Å². The van der Waals surface area contributed by atoms with E-state index >= 15 is 0 Å². The molecular weight excluding hydrogens is 295 g/mol. The van der Waals surface area contributed by atoms with Crippen LogP contribution in [0.4, 0.5) is 4.39 Å². The van der Waals surface area contributed by atoms with Gasteiger partial charge in [-0.15, -0.1) is 0 Å². The fourth-order valence-corrected chi connectivity index (χ4v) is 3.44. The van der Waals surface area contributed by atoms with Crippen molar-refractivity contribution in [2.24, 2.45) is 0 Å². The van der Waals surface area contributed by atoms with Crippen LogP contribution >= 0.6 is 0 Å². The molecule has 0 aliphatic carbocycles. The fourth-order valence-electron chi connectivity index (χ4n) is 2.33. The first kappa shape index (κ1) is 15.9. The minimum atomic E-state index is -3.91. The lowest BCUT2D eigenvalue weighted by atomic mass is 10.1. The van der Waals surface area contributed by atoms with E-state index in [1.165, 1.54) is 18.2 Å². The van der Waals surface area contributed by atoms with Gasteiger partial charge in [0.1, 0.15) is 10.7 Å². The summed E-state index contributed by atoms with van der Waals surface area (Å²) in [5, 5.41) is 0. The maximum Gasteiger partial charge on any atom is 0.243 e. The minimum Gasteiger partial charge on any atom is -0.343 e. The summed E-state index contributed by atoms with van der Waals surface area (Å²) < 4.78 is 39.6. The SMILES string of the molecule is O=C(CCNS(=O)(=O)c1ccccc1F)N1CCCCC1. The quantitative estimate of drug-likeness (QED) is 0.896. The summed E-state index contributed by atoms with van der Waals surface area (Å²) >= 11 is 0. The van der Waals surface area contributed by atoms with Gasteiger partial charge >= 0.3 is 0 Å². The predicted octanol–water partition coefficient (Wildman–Crippen LogP) is 1.51. The van der Waals surface area contributed by atoms with Gasteiger partial charge in [-0.1, -0.05) is 12.1 Å². The molecule has 0 atom stereocenters. The second kappa shape index (κ2) is 7.00. The standard InChI is InChI=1S/C14H19FN2O3S/c15-12-6-2-3-7-13(12)21(19,20)16-9-8-14(18)17-10-4-1-5-11-17/h2-3,6-7,16H,1,4-5,8-11H2. The number of nitrogens with one attached hydrogen (secondary N) is 1. The lowest BCUT2D eigenvalue weighted by Gasteiger charge is -2.26. The van der Waals surface area contributed by atoms with Gasteiger partial charge in [-0.25, -0.2) is 17.5 Å². The summed E-state index contributed by atoms with van der Waals surface area (Å²) in [6.07, 6.45) is 3.21. The van der Waals surface area contributed by atoms with Crippen LogP contribution in [0.2, 0.25) is 0 Å². The Balaban J connectivity index is 1.88. The average Bonchev–Trinajstić information content (AvgIpc) is 2.48. The van der Waals surface area contributed by atoms with Crippen molar-refractivity contribution in [1.82, 2.24) is 9.62 Å². The molecule has 2 rings (SSSR count). The number of sulfonamides is 1. The number of carbonyl (C=O) groups is 1. The molecule has 1 aliphatic rings. The Labute approximate surface area is 124 Å². The molecule has 1 fully saturated rings. The van der Waals surface area contributed by atoms with E-state index in [0.29, 0.717) is 0 Å². The highest BCUT2D eigenvalue weighted by atomic mass is 32.2. The van der Waals surface area contributed by atoms with Crippen LogP contribution in [-0.2, 0) is 14.8 Å². The summed E-state index contributed by atoms with van der Waals surface area (Å²) in [6, 6.07) is 5.17. The van der Waals surface area contributed by atoms with Gasteiger partial charge in [0.2, 0.25) is 15.9 Å². The van der Waals surface area contributed by atoms with Crippen molar-refractivity contribution in [2.45, 2.75) is 30.6 Å². The van der Waals surface area contributed by atoms with Gasteiger partial charge in [0.15, 0.2) is 0 Å². The maximum absolute atomic E-state index is 13.5. The van der Waals surface area contributed by atoms with Crippen LogP contribution in [0.15, 0.2) is 29.2 Å². The van der Waals surface area contributed by atoms with Crippen molar-refractivity contribution in [1.29, 1.82) is 0 Å². The molecule has 116 valence electrons. The molecule has 5 nitrogen and oxygen atoms in total. The number of benzene rings is 1. The van der Waals surface area contributed by atoms with Gasteiger partial charge in [-0.2, -0.15) is 0 Å². The monoisotopic (exact) mass is 314 g/mol. The van der Waals surface area contributed by atoms with Gasteiger partial charge in [0.25, 0.3) is 0 Å². The molecule has 0 spiro atoms. The van der Waals surface area contributed by atoms with E-state index in [-0.39, 0.29) is 18.9 Å². The van der Waals surface area contributed by atoms with Gasteiger partial charge in [-0.3, -0.25) is 4.79 Å². The third kappa shape index (κ3) is 4.25. The minimum absolute atomic E-state index is 0.0218. The van der Waals surface area contributed by atoms with Crippen LogP contribution in [0.5, 0.6) is 0 Å². The van der Waals surface area contributed by atoms with Gasteiger partial charge in [-0.05, 0) is 31.4 Å². The molecule has 1 heterocycles. The summed E-state index contributed by atoms with van der Waals surface area (Å²) in [5.41, 5.74) is 0. The zero-order valence-corrected chi connectivity index (χ0v) is 12.5. The van der Waals surface area contributed by atoms with E-state index in [4.69, 9.17) is 0 Å². The molecule has 1 amide bonds. The molecule has 1 aliphatic heterocycles. The van der Waals surface area contributed by atoms with Crippen LogP contribution in [0.3, 0.4) is 0 Å². The molecule has 0 saturated carbocycles. The van der Waals surface area contributed by atoms with E-state index in [1.807, 2.05) is 0 Å². The largest absolute Gasteiger partial charge is 0.343 e. The first-order valence-corrected chi connectivity index (χ1v) is 8.51. The number of halogens is 1. The maximum atomic E-state index is 13.5. The lowest BCUT2D eigenvalue weighted by molar-refractivity contribution is -0.131. The number of piperidine rings is 1. The number of carbonyl (C=O) groups excluding carboxylic acids is 1. The summed E-state index contributed by atoms with van der Waals surface area (Å²) in [4.78, 5) is 13.3. The Morgan fingerprint density at radius 1 is 1.19 bits per heavy atom. The zero-order chi connectivity index (χ0) is 15.3. The topological polar surface area (TPSA) is 66.5 Å². The molecule has 1 N–H and O–H groups in total. The van der Waals surface area contributed by atoms with Crippen LogP contribution in [-0.4, -0.2) is 38.9 Å². The van der Waals surface area contributed by atoms with Crippen molar-refractivity contribution in [2.75, 3.05) is 19.6 Å². The molecule has 0 unspecified atom stereocenters. The molecule has 1 saturated heterocycles. The molecule has 7 heteroatoms. The van der Waals surface area contributed by atoms with Crippen LogP contribution in [0.25, 0.3) is 0 Å². The molecule has 1 aromatic carbocycles. The number of likely N-dealkylation sites (tertiary alicyclic amines) is 1. The molecule has 0 aromatic heterocycles. The van der Waals surface area contributed by atoms with Crippen molar-refractivity contribution in [3.05, 3.63) is 30.1 Å². The average molecular weight is 314 g/mol. The number of amides is 1. The third-order valence-corrected chi connectivity index (χ3v) is 4.96. The highest BCUT2D eigenvalue weighted by molar-refractivity contribution is 7.89. The molecule has 0 radical (unpaired) electrons. The highest BCUT2D eigenvalue weighted by Crippen LogP contribution is 2.13. The Bertz CT molecular complexity index is 598. The molecular formula is C14H19FN2O3S. The van der Waals surface area contributed by atoms with Crippen LogP contribution in [0.1, 0.15) is 25.7 Å². The second-order valence-electron chi connectivity index (χ2n) is 5.02. The van der Waals surface area contributed by atoms with Crippen molar-refractivity contribution in [3.63, 3.8) is 0 Å². The Hall–Kier alpha value is -1.47. The number of hydrogen-bond donors (Lipinski definition) is 1. The van der Waals surface area contributed by atoms with E-state index < -0.39 is 20.7 Å². The zero-order valence-electron chi connectivity index (χ0n) is 11.7. The van der Waals surface area contributed by atoms with Gasteiger partial charge < -0.3 is 4.90 Å². The highest BCUT2D eigenvalue weighted by Gasteiger charge is 2.20. The lowest BCUT2D eigenvalue weighted by Crippen LogP contribution is -2.37. The fraction of sp³-hybridized carbons (Fsp3) is 0.500. The Morgan fingerprint density at radius 2 is 1.86 bits per heavy atom. The molecule has 1 aromatic rings. The van der Waals surface area contributed by atoms with Crippen LogP contribution < -0.4 is 4.72 Å². The third-order valence-electron chi connectivity index (χ3n) is 3.47. The molecule has 21 heavy (non-hydrogen) atoms. The van der Waals surface area contributed by atoms with E-state index in [0.717, 1.165) is 38.4 Å². The van der Waals surface area contributed by atoms with Crippen molar-refractivity contribution < 1.29 is 17.6 Å². The smallest absolute Gasteiger partial charge is 0.243 e. The first-order valence-electron chi connectivity index (χ1n) is 7.03. The number of rotatable bonds is 5. The predicted molar refractivity (Wildman–Crippen MR) is 76.6 cm³/mol. The number of nitrogens with zero attached hydrogens (tertiary/aromatic N) is 1. The summed E-state index contributed by atoms with van der Waals surface area (Å²) in [5.74, 6) is -0.863. The summed E-state index contributed by atoms with van der Waals surface area (Å²) in [6.45, 7) is 1.45. The first-order chi connectivity index (χ1) is 10.0. The number of hydrogen-bond acceptors (Lipinski definition) is 3. The molecule has 0 bridgehead atoms. The van der Waals surface area contributed by atoms with Crippen molar-refractivity contribution in [3.8, 4) is 0 Å². The normalized spacial score (nSPS) is 16.0. The van der Waals surface area contributed by atoms with Gasteiger partial charge in [0, 0.05) is 26.1 Å². The van der Waals surface area contributed by atoms with Crippen molar-refractivity contribution >= 4 is 15.9 Å².